The second-order valence-electron chi connectivity index (χ2n) is 3.55. The molecule has 3 nitrogen and oxygen atoms in total. The van der Waals surface area contributed by atoms with Gasteiger partial charge in [0.2, 0.25) is 0 Å². The number of hydrogen-bond donors (Lipinski definition) is 1. The zero-order chi connectivity index (χ0) is 9.97. The molecule has 0 atom stereocenters. The van der Waals surface area contributed by atoms with Gasteiger partial charge in [-0.25, -0.2) is 0 Å². The Morgan fingerprint density at radius 1 is 1.50 bits per heavy atom. The van der Waals surface area contributed by atoms with Gasteiger partial charge in [-0.2, -0.15) is 0 Å². The Morgan fingerprint density at radius 3 is 3.21 bits per heavy atom. The maximum atomic E-state index is 11.7. The molecule has 0 aliphatic carbocycles. The molecule has 0 saturated carbocycles. The zero-order valence-electron chi connectivity index (χ0n) is 8.13. The normalized spacial score (nSPS) is 23.9. The van der Waals surface area contributed by atoms with Crippen LogP contribution < -0.4 is 5.32 Å². The topological polar surface area (TPSA) is 32.3 Å². The fraction of sp³-hybridized carbons (Fsp3) is 0.364. The number of Topliss-reactive ketones (excluding diaryl/α,β-unsaturated/α-hetero) is 1. The molecule has 0 radical (unpaired) electrons. The van der Waals surface area contributed by atoms with Crippen molar-refractivity contribution in [2.24, 2.45) is 0 Å². The summed E-state index contributed by atoms with van der Waals surface area (Å²) in [5, 5.41) is 2.99. The van der Waals surface area contributed by atoms with Crippen LogP contribution in [0.1, 0.15) is 6.42 Å². The number of nitrogens with one attached hydrogen (secondary N) is 1. The Morgan fingerprint density at radius 2 is 2.36 bits per heavy atom. The van der Waals surface area contributed by atoms with Crippen molar-refractivity contribution in [3.8, 4) is 12.0 Å². The first kappa shape index (κ1) is 9.04. The van der Waals surface area contributed by atoms with Crippen molar-refractivity contribution in [1.82, 2.24) is 10.2 Å². The third-order valence-corrected chi connectivity index (χ3v) is 2.35. The van der Waals surface area contributed by atoms with Crippen LogP contribution in [-0.2, 0) is 4.79 Å². The largest absolute Gasteiger partial charge is 0.317 e. The number of hydrogen-bond acceptors (Lipinski definition) is 3. The maximum absolute atomic E-state index is 11.7. The van der Waals surface area contributed by atoms with Crippen LogP contribution >= 0.6 is 0 Å². The molecule has 0 aromatic rings. The molecule has 0 fully saturated rings. The highest BCUT2D eigenvalue weighted by Gasteiger charge is 2.22. The van der Waals surface area contributed by atoms with E-state index in [9.17, 15) is 4.79 Å². The summed E-state index contributed by atoms with van der Waals surface area (Å²) < 4.78 is 0. The lowest BCUT2D eigenvalue weighted by Gasteiger charge is -2.25. The van der Waals surface area contributed by atoms with E-state index in [0.29, 0.717) is 13.0 Å². The summed E-state index contributed by atoms with van der Waals surface area (Å²) in [6.45, 7) is 1.30. The first-order chi connectivity index (χ1) is 6.77. The van der Waals surface area contributed by atoms with Crippen molar-refractivity contribution in [2.45, 2.75) is 6.42 Å². The van der Waals surface area contributed by atoms with Crippen LogP contribution in [-0.4, -0.2) is 30.8 Å². The van der Waals surface area contributed by atoms with E-state index in [1.54, 1.807) is 6.08 Å². The molecule has 2 rings (SSSR count). The third-order valence-electron chi connectivity index (χ3n) is 2.35. The molecule has 0 aromatic carbocycles. The van der Waals surface area contributed by atoms with Gasteiger partial charge in [0.1, 0.15) is 0 Å². The molecule has 2 aliphatic rings. The van der Waals surface area contributed by atoms with Gasteiger partial charge >= 0.3 is 0 Å². The van der Waals surface area contributed by atoms with Gasteiger partial charge in [0.25, 0.3) is 0 Å². The lowest BCUT2D eigenvalue weighted by molar-refractivity contribution is -0.117. The molecule has 2 aliphatic heterocycles. The lowest BCUT2D eigenvalue weighted by atomic mass is 10.00. The van der Waals surface area contributed by atoms with Gasteiger partial charge in [-0.3, -0.25) is 9.69 Å². The number of rotatable bonds is 0. The monoisotopic (exact) mass is 188 g/mol. The summed E-state index contributed by atoms with van der Waals surface area (Å²) in [6, 6.07) is 2.80. The smallest absolute Gasteiger partial charge is 0.174 e. The summed E-state index contributed by atoms with van der Waals surface area (Å²) in [4.78, 5) is 13.7. The van der Waals surface area contributed by atoms with Crippen LogP contribution in [0, 0.1) is 12.0 Å². The zero-order valence-corrected chi connectivity index (χ0v) is 8.13. The fourth-order valence-electron chi connectivity index (χ4n) is 1.67. The highest BCUT2D eigenvalue weighted by Crippen LogP contribution is 2.16. The van der Waals surface area contributed by atoms with Crippen LogP contribution in [0.3, 0.4) is 0 Å². The molecule has 2 heterocycles. The molecule has 3 heteroatoms. The Bertz CT molecular complexity index is 382. The van der Waals surface area contributed by atoms with Crippen molar-refractivity contribution in [2.75, 3.05) is 20.1 Å². The average Bonchev–Trinajstić information content (AvgIpc) is 2.07. The van der Waals surface area contributed by atoms with Crippen LogP contribution in [0.15, 0.2) is 23.4 Å². The standard InChI is InChI=1S/C11H12N2O/c1-13-7-10-9(11(14)8-13)5-3-2-4-6-12-10/h2-3,12H,5,7-8H2,1H3/b3-2-. The molecule has 0 unspecified atom stereocenters. The fourth-order valence-corrected chi connectivity index (χ4v) is 1.67. The Hall–Kier alpha value is -1.53. The highest BCUT2D eigenvalue weighted by atomic mass is 16.1. The number of likely N-dealkylation sites (N-methyl/N-ethyl adjacent to an activating group) is 1. The highest BCUT2D eigenvalue weighted by molar-refractivity contribution is 5.98. The van der Waals surface area contributed by atoms with Gasteiger partial charge in [0.15, 0.2) is 5.78 Å². The van der Waals surface area contributed by atoms with Crippen molar-refractivity contribution >= 4 is 5.78 Å². The predicted molar refractivity (Wildman–Crippen MR) is 54.2 cm³/mol. The quantitative estimate of drug-likeness (QED) is 0.554. The second-order valence-corrected chi connectivity index (χ2v) is 3.55. The summed E-state index contributed by atoms with van der Waals surface area (Å²) >= 11 is 0. The molecular weight excluding hydrogens is 176 g/mol. The minimum absolute atomic E-state index is 0.203. The summed E-state index contributed by atoms with van der Waals surface area (Å²) in [6.07, 6.45) is 4.42. The van der Waals surface area contributed by atoms with Crippen LogP contribution in [0.25, 0.3) is 0 Å². The van der Waals surface area contributed by atoms with Gasteiger partial charge in [-0.15, -0.1) is 0 Å². The van der Waals surface area contributed by atoms with Crippen molar-refractivity contribution in [1.29, 1.82) is 0 Å². The van der Waals surface area contributed by atoms with Crippen LogP contribution in [0.5, 0.6) is 0 Å². The second kappa shape index (κ2) is 3.69. The first-order valence-electron chi connectivity index (χ1n) is 4.62. The van der Waals surface area contributed by atoms with E-state index in [-0.39, 0.29) is 5.78 Å². The van der Waals surface area contributed by atoms with Crippen molar-refractivity contribution in [3.05, 3.63) is 23.4 Å². The number of ketones is 1. The number of carbonyl (C=O) groups is 1. The summed E-state index contributed by atoms with van der Waals surface area (Å²) in [7, 11) is 1.94. The van der Waals surface area contributed by atoms with E-state index in [1.807, 2.05) is 18.0 Å². The van der Waals surface area contributed by atoms with Crippen molar-refractivity contribution < 1.29 is 4.79 Å². The molecule has 0 saturated heterocycles. The first-order valence-corrected chi connectivity index (χ1v) is 4.62. The molecule has 0 aromatic heterocycles. The molecule has 72 valence electrons. The molecule has 0 bridgehead atoms. The van der Waals surface area contributed by atoms with E-state index in [0.717, 1.165) is 17.8 Å². The van der Waals surface area contributed by atoms with E-state index in [4.69, 9.17) is 0 Å². The Kier molecular flexibility index (Phi) is 2.38. The van der Waals surface area contributed by atoms with E-state index < -0.39 is 0 Å². The third kappa shape index (κ3) is 1.70. The van der Waals surface area contributed by atoms with E-state index >= 15 is 0 Å². The number of carbonyl (C=O) groups excluding carboxylic acids is 1. The lowest BCUT2D eigenvalue weighted by Crippen LogP contribution is -2.38. The SMILES string of the molecule is CN1CC(=O)C2=C(C1)NC#C/C=C\C2. The molecule has 0 spiro atoms. The van der Waals surface area contributed by atoms with E-state index in [2.05, 4.69) is 17.3 Å². The average molecular weight is 188 g/mol. The minimum atomic E-state index is 0.203. The van der Waals surface area contributed by atoms with Gasteiger partial charge < -0.3 is 5.32 Å². The molecular formula is C11H12N2O. The van der Waals surface area contributed by atoms with Gasteiger partial charge in [0.05, 0.1) is 6.54 Å². The molecule has 14 heavy (non-hydrogen) atoms. The summed E-state index contributed by atoms with van der Waals surface area (Å²) in [5.74, 6) is 3.05. The van der Waals surface area contributed by atoms with Gasteiger partial charge in [0, 0.05) is 23.9 Å². The number of nitrogens with zero attached hydrogens (tertiary/aromatic N) is 1. The van der Waals surface area contributed by atoms with Gasteiger partial charge in [-0.1, -0.05) is 12.0 Å². The van der Waals surface area contributed by atoms with Crippen LogP contribution in [0.4, 0.5) is 0 Å². The Labute approximate surface area is 83.5 Å². The minimum Gasteiger partial charge on any atom is -0.317 e. The summed E-state index contributed by atoms with van der Waals surface area (Å²) in [5.41, 5.74) is 1.84. The molecule has 1 N–H and O–H groups in total. The van der Waals surface area contributed by atoms with Crippen LogP contribution in [0.2, 0.25) is 0 Å². The number of allylic oxidation sites excluding steroid dienone is 2. The predicted octanol–water partition coefficient (Wildman–Crippen LogP) is 0.265. The Balaban J connectivity index is 2.34. The maximum Gasteiger partial charge on any atom is 0.174 e. The van der Waals surface area contributed by atoms with Gasteiger partial charge in [-0.05, 0) is 19.5 Å². The van der Waals surface area contributed by atoms with E-state index in [1.165, 1.54) is 0 Å². The molecule has 0 amide bonds. The van der Waals surface area contributed by atoms with Crippen molar-refractivity contribution in [3.63, 3.8) is 0 Å².